The maximum Gasteiger partial charge on any atom is 0.0273 e. The molecule has 1 heterocycles. The summed E-state index contributed by atoms with van der Waals surface area (Å²) >= 11 is 0. The van der Waals surface area contributed by atoms with Crippen molar-refractivity contribution in [2.24, 2.45) is 0 Å². The average molecular weight is 227 g/mol. The number of hydrogen-bond acceptors (Lipinski definition) is 1. The highest BCUT2D eigenvalue weighted by Crippen LogP contribution is 2.18. The third-order valence-electron chi connectivity index (χ3n) is 2.53. The van der Waals surface area contributed by atoms with E-state index in [1.165, 1.54) is 29.5 Å². The summed E-state index contributed by atoms with van der Waals surface area (Å²) in [5.74, 6) is 0. The van der Waals surface area contributed by atoms with Crippen molar-refractivity contribution >= 4 is 0 Å². The fraction of sp³-hybridized carbons (Fsp3) is 0.312. The van der Waals surface area contributed by atoms with Crippen molar-refractivity contribution in [2.75, 3.05) is 0 Å². The van der Waals surface area contributed by atoms with Crippen LogP contribution in [0.1, 0.15) is 32.3 Å². The van der Waals surface area contributed by atoms with Crippen LogP contribution in [0.15, 0.2) is 48.8 Å². The van der Waals surface area contributed by atoms with Gasteiger partial charge in [0.2, 0.25) is 0 Å². The lowest BCUT2D eigenvalue weighted by molar-refractivity contribution is 0.886. The molecule has 1 heteroatoms. The van der Waals surface area contributed by atoms with E-state index < -0.39 is 0 Å². The highest BCUT2D eigenvalue weighted by atomic mass is 14.6. The van der Waals surface area contributed by atoms with E-state index in [4.69, 9.17) is 0 Å². The van der Waals surface area contributed by atoms with Crippen LogP contribution in [0.4, 0.5) is 0 Å². The molecule has 17 heavy (non-hydrogen) atoms. The molecule has 0 bridgehead atoms. The quantitative estimate of drug-likeness (QED) is 0.713. The van der Waals surface area contributed by atoms with Gasteiger partial charge in [-0.3, -0.25) is 4.98 Å². The molecule has 0 aliphatic rings. The predicted molar refractivity (Wildman–Crippen MR) is 75.0 cm³/mol. The van der Waals surface area contributed by atoms with Crippen LogP contribution < -0.4 is 0 Å². The van der Waals surface area contributed by atoms with Crippen LogP contribution in [0.5, 0.6) is 0 Å². The molecule has 1 aromatic carbocycles. The molecule has 1 aromatic heterocycles. The summed E-state index contributed by atoms with van der Waals surface area (Å²) in [4.78, 5) is 3.99. The minimum Gasteiger partial charge on any atom is -0.265 e. The molecule has 1 nitrogen and oxygen atoms in total. The van der Waals surface area contributed by atoms with Crippen molar-refractivity contribution in [1.29, 1.82) is 0 Å². The summed E-state index contributed by atoms with van der Waals surface area (Å²) in [6, 6.07) is 12.5. The van der Waals surface area contributed by atoms with Gasteiger partial charge in [0.15, 0.2) is 0 Å². The molecular formula is C16H21N. The zero-order valence-electron chi connectivity index (χ0n) is 11.0. The lowest BCUT2D eigenvalue weighted by Gasteiger charge is -2.01. The van der Waals surface area contributed by atoms with E-state index in [0.29, 0.717) is 0 Å². The van der Waals surface area contributed by atoms with Gasteiger partial charge in [-0.05, 0) is 30.2 Å². The first-order valence-corrected chi connectivity index (χ1v) is 6.25. The number of unbranched alkanes of at least 4 members (excludes halogenated alkanes) is 1. The molecule has 0 N–H and O–H groups in total. The number of rotatable bonds is 2. The first-order valence-electron chi connectivity index (χ1n) is 6.25. The van der Waals surface area contributed by atoms with E-state index >= 15 is 0 Å². The first kappa shape index (κ1) is 13.4. The lowest BCUT2D eigenvalue weighted by Crippen LogP contribution is -1.79. The second-order valence-electron chi connectivity index (χ2n) is 4.11. The second kappa shape index (κ2) is 7.61. The Labute approximate surface area is 105 Å². The standard InChI is InChI=1S/C12H11N.C4H10/c1-10-3-2-4-12(9-10)11-5-7-13-8-6-11;1-3-4-2/h2-9H,1H3;3-4H2,1-2H3. The Hall–Kier alpha value is -1.63. The molecule has 2 aromatic rings. The van der Waals surface area contributed by atoms with Crippen molar-refractivity contribution in [3.8, 4) is 11.1 Å². The van der Waals surface area contributed by atoms with Crippen LogP contribution in [0.2, 0.25) is 0 Å². The molecule has 0 fully saturated rings. The topological polar surface area (TPSA) is 12.9 Å². The van der Waals surface area contributed by atoms with Gasteiger partial charge in [0.25, 0.3) is 0 Å². The Morgan fingerprint density at radius 3 is 2.06 bits per heavy atom. The summed E-state index contributed by atoms with van der Waals surface area (Å²) in [5, 5.41) is 0. The Morgan fingerprint density at radius 1 is 0.882 bits per heavy atom. The van der Waals surface area contributed by atoms with E-state index in [1.807, 2.05) is 24.5 Å². The summed E-state index contributed by atoms with van der Waals surface area (Å²) < 4.78 is 0. The molecule has 0 radical (unpaired) electrons. The molecule has 0 saturated heterocycles. The van der Waals surface area contributed by atoms with Crippen LogP contribution in [0.3, 0.4) is 0 Å². The molecule has 0 aliphatic carbocycles. The normalized spacial score (nSPS) is 9.35. The average Bonchev–Trinajstić information content (AvgIpc) is 2.40. The number of nitrogens with zero attached hydrogens (tertiary/aromatic N) is 1. The zero-order chi connectivity index (χ0) is 12.5. The monoisotopic (exact) mass is 227 g/mol. The van der Waals surface area contributed by atoms with Gasteiger partial charge in [-0.2, -0.15) is 0 Å². The van der Waals surface area contributed by atoms with Gasteiger partial charge in [0, 0.05) is 12.4 Å². The number of aromatic nitrogens is 1. The summed E-state index contributed by atoms with van der Waals surface area (Å²) in [6.45, 7) is 6.46. The van der Waals surface area contributed by atoms with E-state index in [1.54, 1.807) is 0 Å². The second-order valence-corrected chi connectivity index (χ2v) is 4.11. The third-order valence-corrected chi connectivity index (χ3v) is 2.53. The van der Waals surface area contributed by atoms with E-state index in [2.05, 4.69) is 50.0 Å². The molecule has 0 atom stereocenters. The van der Waals surface area contributed by atoms with Gasteiger partial charge in [0.05, 0.1) is 0 Å². The minimum absolute atomic E-state index is 1.22. The van der Waals surface area contributed by atoms with Crippen LogP contribution in [0, 0.1) is 6.92 Å². The summed E-state index contributed by atoms with van der Waals surface area (Å²) in [7, 11) is 0. The molecule has 0 spiro atoms. The Morgan fingerprint density at radius 2 is 1.53 bits per heavy atom. The Balaban J connectivity index is 0.000000317. The van der Waals surface area contributed by atoms with Gasteiger partial charge in [-0.25, -0.2) is 0 Å². The lowest BCUT2D eigenvalue weighted by atomic mass is 10.1. The van der Waals surface area contributed by atoms with Gasteiger partial charge in [-0.15, -0.1) is 0 Å². The largest absolute Gasteiger partial charge is 0.265 e. The molecule has 0 unspecified atom stereocenters. The number of benzene rings is 1. The van der Waals surface area contributed by atoms with Crippen molar-refractivity contribution in [3.05, 3.63) is 54.4 Å². The first-order chi connectivity index (χ1) is 8.27. The van der Waals surface area contributed by atoms with E-state index in [-0.39, 0.29) is 0 Å². The van der Waals surface area contributed by atoms with Crippen molar-refractivity contribution in [3.63, 3.8) is 0 Å². The molecule has 0 saturated carbocycles. The smallest absolute Gasteiger partial charge is 0.0273 e. The minimum atomic E-state index is 1.22. The van der Waals surface area contributed by atoms with Crippen molar-refractivity contribution in [2.45, 2.75) is 33.6 Å². The maximum atomic E-state index is 3.99. The summed E-state index contributed by atoms with van der Waals surface area (Å²) in [5.41, 5.74) is 3.76. The number of pyridine rings is 1. The van der Waals surface area contributed by atoms with Gasteiger partial charge in [-0.1, -0.05) is 56.5 Å². The Kier molecular flexibility index (Phi) is 6.02. The van der Waals surface area contributed by atoms with Crippen LogP contribution >= 0.6 is 0 Å². The van der Waals surface area contributed by atoms with Crippen LogP contribution in [0.25, 0.3) is 11.1 Å². The summed E-state index contributed by atoms with van der Waals surface area (Å²) in [6.07, 6.45) is 6.27. The molecule has 0 amide bonds. The number of hydrogen-bond donors (Lipinski definition) is 0. The van der Waals surface area contributed by atoms with Gasteiger partial charge in [0.1, 0.15) is 0 Å². The van der Waals surface area contributed by atoms with Gasteiger partial charge < -0.3 is 0 Å². The SMILES string of the molecule is CCCC.Cc1cccc(-c2ccncc2)c1. The highest BCUT2D eigenvalue weighted by Gasteiger charge is 1.95. The van der Waals surface area contributed by atoms with Crippen LogP contribution in [-0.2, 0) is 0 Å². The van der Waals surface area contributed by atoms with Crippen molar-refractivity contribution < 1.29 is 0 Å². The fourth-order valence-corrected chi connectivity index (χ4v) is 1.37. The van der Waals surface area contributed by atoms with Gasteiger partial charge >= 0.3 is 0 Å². The number of aryl methyl sites for hydroxylation is 1. The van der Waals surface area contributed by atoms with Crippen LogP contribution in [-0.4, -0.2) is 4.98 Å². The van der Waals surface area contributed by atoms with E-state index in [0.717, 1.165) is 0 Å². The third kappa shape index (κ3) is 4.81. The van der Waals surface area contributed by atoms with E-state index in [9.17, 15) is 0 Å². The molecular weight excluding hydrogens is 206 g/mol. The maximum absolute atomic E-state index is 3.99. The molecule has 2 rings (SSSR count). The highest BCUT2D eigenvalue weighted by molar-refractivity contribution is 5.63. The molecule has 0 aliphatic heterocycles. The fourth-order valence-electron chi connectivity index (χ4n) is 1.37. The van der Waals surface area contributed by atoms with Crippen molar-refractivity contribution in [1.82, 2.24) is 4.98 Å². The predicted octanol–water partition coefficient (Wildman–Crippen LogP) is 4.86. The molecule has 90 valence electrons. The Bertz CT molecular complexity index is 419. The zero-order valence-corrected chi connectivity index (χ0v) is 11.0.